The van der Waals surface area contributed by atoms with E-state index in [2.05, 4.69) is 41.3 Å². The first-order chi connectivity index (χ1) is 11.4. The predicted molar refractivity (Wildman–Crippen MR) is 101 cm³/mol. The molecule has 0 aromatic rings. The number of carbonyl (C=O) groups excluding carboxylic acids is 1. The Morgan fingerprint density at radius 3 is 2.29 bits per heavy atom. The maximum Gasteiger partial charge on any atom is 0.230 e. The van der Waals surface area contributed by atoms with Crippen molar-refractivity contribution in [2.24, 2.45) is 10.4 Å². The number of aliphatic imine (C=N–C) groups is 1. The molecule has 1 rings (SSSR count). The van der Waals surface area contributed by atoms with Gasteiger partial charge in [-0.25, -0.2) is 0 Å². The minimum atomic E-state index is -0.269. The molecule has 6 heteroatoms. The summed E-state index contributed by atoms with van der Waals surface area (Å²) in [7, 11) is 5.48. The van der Waals surface area contributed by atoms with Gasteiger partial charge in [0.2, 0.25) is 5.91 Å². The molecule has 1 aliphatic carbocycles. The van der Waals surface area contributed by atoms with E-state index in [1.165, 1.54) is 0 Å². The smallest absolute Gasteiger partial charge is 0.230 e. The lowest BCUT2D eigenvalue weighted by Gasteiger charge is -2.31. The fourth-order valence-corrected chi connectivity index (χ4v) is 3.57. The Labute approximate surface area is 148 Å². The van der Waals surface area contributed by atoms with Crippen molar-refractivity contribution in [3.05, 3.63) is 0 Å². The largest absolute Gasteiger partial charge is 0.355 e. The molecule has 0 unspecified atom stereocenters. The number of nitrogens with one attached hydrogen (secondary N) is 2. The number of hydrogen-bond donors (Lipinski definition) is 2. The Morgan fingerprint density at radius 1 is 1.21 bits per heavy atom. The van der Waals surface area contributed by atoms with Crippen molar-refractivity contribution in [2.45, 2.75) is 52.5 Å². The van der Waals surface area contributed by atoms with E-state index in [0.29, 0.717) is 12.6 Å². The SMILES string of the molecule is CCN(CCNC(=NC)NCC1(C(=O)N(C)C)CCCC1)C(C)C. The van der Waals surface area contributed by atoms with Gasteiger partial charge in [0.1, 0.15) is 0 Å². The van der Waals surface area contributed by atoms with Gasteiger partial charge in [0, 0.05) is 46.8 Å². The molecule has 6 nitrogen and oxygen atoms in total. The molecule has 2 N–H and O–H groups in total. The molecule has 0 heterocycles. The van der Waals surface area contributed by atoms with E-state index >= 15 is 0 Å². The van der Waals surface area contributed by atoms with Crippen molar-refractivity contribution in [3.63, 3.8) is 0 Å². The molecule has 24 heavy (non-hydrogen) atoms. The molecule has 1 fully saturated rings. The van der Waals surface area contributed by atoms with Gasteiger partial charge < -0.3 is 15.5 Å². The van der Waals surface area contributed by atoms with Gasteiger partial charge in [-0.05, 0) is 33.2 Å². The van der Waals surface area contributed by atoms with E-state index in [4.69, 9.17) is 0 Å². The lowest BCUT2D eigenvalue weighted by atomic mass is 9.84. The van der Waals surface area contributed by atoms with Crippen LogP contribution < -0.4 is 10.6 Å². The molecule has 0 spiro atoms. The molecular formula is C18H37N5O. The molecule has 140 valence electrons. The molecular weight excluding hydrogens is 302 g/mol. The Hall–Kier alpha value is -1.30. The molecule has 0 aliphatic heterocycles. The first-order valence-corrected chi connectivity index (χ1v) is 9.26. The molecule has 0 aromatic carbocycles. The van der Waals surface area contributed by atoms with E-state index in [9.17, 15) is 4.79 Å². The summed E-state index contributed by atoms with van der Waals surface area (Å²) >= 11 is 0. The van der Waals surface area contributed by atoms with Crippen molar-refractivity contribution in [2.75, 3.05) is 47.3 Å². The molecule has 0 saturated heterocycles. The molecule has 1 saturated carbocycles. The fraction of sp³-hybridized carbons (Fsp3) is 0.889. The number of guanidine groups is 1. The lowest BCUT2D eigenvalue weighted by Crippen LogP contribution is -2.50. The summed E-state index contributed by atoms with van der Waals surface area (Å²) in [6.45, 7) is 10.2. The van der Waals surface area contributed by atoms with Gasteiger partial charge in [-0.2, -0.15) is 0 Å². The Bertz CT molecular complexity index is 414. The monoisotopic (exact) mass is 339 g/mol. The average molecular weight is 340 g/mol. The highest BCUT2D eigenvalue weighted by molar-refractivity contribution is 5.85. The number of likely N-dealkylation sites (N-methyl/N-ethyl adjacent to an activating group) is 1. The maximum absolute atomic E-state index is 12.6. The third kappa shape index (κ3) is 5.65. The van der Waals surface area contributed by atoms with E-state index in [1.807, 2.05) is 14.1 Å². The first-order valence-electron chi connectivity index (χ1n) is 9.26. The summed E-state index contributed by atoms with van der Waals surface area (Å²) in [5, 5.41) is 6.75. The topological polar surface area (TPSA) is 60.0 Å². The molecule has 0 bridgehead atoms. The third-order valence-electron chi connectivity index (χ3n) is 5.07. The lowest BCUT2D eigenvalue weighted by molar-refractivity contribution is -0.138. The zero-order valence-electron chi connectivity index (χ0n) is 16.5. The van der Waals surface area contributed by atoms with Crippen LogP contribution in [0.2, 0.25) is 0 Å². The van der Waals surface area contributed by atoms with Crippen molar-refractivity contribution >= 4 is 11.9 Å². The molecule has 1 amide bonds. The van der Waals surface area contributed by atoms with E-state index in [-0.39, 0.29) is 11.3 Å². The van der Waals surface area contributed by atoms with Crippen LogP contribution in [0.4, 0.5) is 0 Å². The Morgan fingerprint density at radius 2 is 1.83 bits per heavy atom. The quantitative estimate of drug-likeness (QED) is 0.520. The summed E-state index contributed by atoms with van der Waals surface area (Å²) in [5.74, 6) is 1.02. The fourth-order valence-electron chi connectivity index (χ4n) is 3.57. The third-order valence-corrected chi connectivity index (χ3v) is 5.07. The zero-order chi connectivity index (χ0) is 18.2. The van der Waals surface area contributed by atoms with Crippen LogP contribution >= 0.6 is 0 Å². The van der Waals surface area contributed by atoms with Crippen molar-refractivity contribution in [1.82, 2.24) is 20.4 Å². The van der Waals surface area contributed by atoms with E-state index in [1.54, 1.807) is 11.9 Å². The summed E-state index contributed by atoms with van der Waals surface area (Å²) in [4.78, 5) is 21.0. The molecule has 0 aromatic heterocycles. The van der Waals surface area contributed by atoms with Crippen molar-refractivity contribution in [3.8, 4) is 0 Å². The maximum atomic E-state index is 12.6. The molecule has 0 atom stereocenters. The van der Waals surface area contributed by atoms with Crippen LogP contribution in [-0.4, -0.2) is 75.0 Å². The van der Waals surface area contributed by atoms with Crippen LogP contribution in [0.1, 0.15) is 46.5 Å². The standard InChI is InChI=1S/C18H37N5O/c1-7-23(15(2)3)13-12-20-17(19-4)21-14-18(10-8-9-11-18)16(24)22(5)6/h15H,7-14H2,1-6H3,(H2,19,20,21). The van der Waals surface area contributed by atoms with Crippen LogP contribution in [-0.2, 0) is 4.79 Å². The van der Waals surface area contributed by atoms with Crippen molar-refractivity contribution in [1.29, 1.82) is 0 Å². The summed E-state index contributed by atoms with van der Waals surface area (Å²) < 4.78 is 0. The van der Waals surface area contributed by atoms with Crippen LogP contribution in [0.15, 0.2) is 4.99 Å². The zero-order valence-corrected chi connectivity index (χ0v) is 16.5. The minimum Gasteiger partial charge on any atom is -0.355 e. The predicted octanol–water partition coefficient (Wildman–Crippen LogP) is 1.53. The van der Waals surface area contributed by atoms with Gasteiger partial charge in [0.15, 0.2) is 5.96 Å². The van der Waals surface area contributed by atoms with Gasteiger partial charge in [-0.3, -0.25) is 14.7 Å². The van der Waals surface area contributed by atoms with Crippen LogP contribution in [0.25, 0.3) is 0 Å². The van der Waals surface area contributed by atoms with Gasteiger partial charge in [0.25, 0.3) is 0 Å². The van der Waals surface area contributed by atoms with Crippen molar-refractivity contribution < 1.29 is 4.79 Å². The van der Waals surface area contributed by atoms with Gasteiger partial charge in [-0.1, -0.05) is 19.8 Å². The van der Waals surface area contributed by atoms with Crippen LogP contribution in [0, 0.1) is 5.41 Å². The van der Waals surface area contributed by atoms with Crippen LogP contribution in [0.5, 0.6) is 0 Å². The van der Waals surface area contributed by atoms with E-state index < -0.39 is 0 Å². The second-order valence-corrected chi connectivity index (χ2v) is 7.26. The van der Waals surface area contributed by atoms with E-state index in [0.717, 1.165) is 51.3 Å². The summed E-state index contributed by atoms with van der Waals surface area (Å²) in [6, 6.07) is 0.547. The number of nitrogens with zero attached hydrogens (tertiary/aromatic N) is 3. The van der Waals surface area contributed by atoms with Gasteiger partial charge in [-0.15, -0.1) is 0 Å². The minimum absolute atomic E-state index is 0.236. The normalized spacial score (nSPS) is 17.4. The highest BCUT2D eigenvalue weighted by Gasteiger charge is 2.42. The molecule has 1 aliphatic rings. The van der Waals surface area contributed by atoms with Gasteiger partial charge >= 0.3 is 0 Å². The number of carbonyl (C=O) groups is 1. The second kappa shape index (κ2) is 9.87. The Balaban J connectivity index is 2.51. The number of amides is 1. The van der Waals surface area contributed by atoms with Crippen LogP contribution in [0.3, 0.4) is 0 Å². The highest BCUT2D eigenvalue weighted by atomic mass is 16.2. The summed E-state index contributed by atoms with van der Waals surface area (Å²) in [6.07, 6.45) is 4.19. The average Bonchev–Trinajstić information content (AvgIpc) is 3.03. The highest BCUT2D eigenvalue weighted by Crippen LogP contribution is 2.38. The first kappa shape index (κ1) is 20.7. The van der Waals surface area contributed by atoms with Gasteiger partial charge in [0.05, 0.1) is 5.41 Å². The summed E-state index contributed by atoms with van der Waals surface area (Å²) in [5.41, 5.74) is -0.269. The number of rotatable bonds is 8. The molecule has 0 radical (unpaired) electrons. The number of hydrogen-bond acceptors (Lipinski definition) is 3. The second-order valence-electron chi connectivity index (χ2n) is 7.26. The Kier molecular flexibility index (Phi) is 8.53.